The Kier molecular flexibility index (Phi) is 15.6. The highest BCUT2D eigenvalue weighted by Crippen LogP contribution is 2.55. The lowest BCUT2D eigenvalue weighted by atomic mass is 9.79. The number of ether oxygens (including phenoxy) is 6. The number of nitriles is 1. The fourth-order valence-corrected chi connectivity index (χ4v) is 15.2. The zero-order chi connectivity index (χ0) is 45.6. The van der Waals surface area contributed by atoms with Crippen LogP contribution in [-0.4, -0.2) is 87.4 Å². The third-order valence-electron chi connectivity index (χ3n) is 13.6. The van der Waals surface area contributed by atoms with Crippen molar-refractivity contribution in [3.05, 3.63) is 120 Å². The number of hydrogen-bond donors (Lipinski definition) is 1. The second-order valence-corrected chi connectivity index (χ2v) is 25.3. The molecule has 3 heterocycles. The van der Waals surface area contributed by atoms with Gasteiger partial charge in [-0.25, -0.2) is 0 Å². The molecule has 3 aliphatic rings. The van der Waals surface area contributed by atoms with Gasteiger partial charge in [0.1, 0.15) is 12.2 Å². The van der Waals surface area contributed by atoms with Crippen LogP contribution in [0.15, 0.2) is 103 Å². The molecule has 3 saturated heterocycles. The fourth-order valence-electron chi connectivity index (χ4n) is 10.3. The van der Waals surface area contributed by atoms with Crippen LogP contribution in [0.4, 0.5) is 0 Å². The molecule has 0 saturated carbocycles. The lowest BCUT2D eigenvalue weighted by molar-refractivity contribution is -0.294. The Labute approximate surface area is 382 Å². The topological polar surface area (TPSA) is 118 Å². The van der Waals surface area contributed by atoms with Crippen molar-refractivity contribution >= 4 is 19.3 Å². The minimum absolute atomic E-state index is 0.114. The first-order valence-corrected chi connectivity index (χ1v) is 25.1. The molecule has 0 bridgehead atoms. The van der Waals surface area contributed by atoms with Crippen molar-refractivity contribution in [3.8, 4) is 6.07 Å². The summed E-state index contributed by atoms with van der Waals surface area (Å²) in [5, 5.41) is 23.3. The van der Waals surface area contributed by atoms with Gasteiger partial charge in [-0.1, -0.05) is 139 Å². The van der Waals surface area contributed by atoms with E-state index in [1.165, 1.54) is 5.39 Å². The van der Waals surface area contributed by atoms with Gasteiger partial charge in [-0.2, -0.15) is 5.26 Å². The first-order valence-electron chi connectivity index (χ1n) is 23.2. The summed E-state index contributed by atoms with van der Waals surface area (Å²) in [5.74, 6) is 0. The predicted molar refractivity (Wildman–Crippen MR) is 251 cm³/mol. The molecular weight excluding hydrogens is 823 g/mol. The molecule has 0 spiro atoms. The van der Waals surface area contributed by atoms with Gasteiger partial charge in [-0.15, -0.1) is 0 Å². The second kappa shape index (κ2) is 20.6. The van der Waals surface area contributed by atoms with E-state index >= 15 is 0 Å². The molecule has 0 aromatic heterocycles. The Morgan fingerprint density at radius 2 is 1.36 bits per heavy atom. The summed E-state index contributed by atoms with van der Waals surface area (Å²) in [6, 6.07) is 37.4. The first kappa shape index (κ1) is 48.4. The van der Waals surface area contributed by atoms with Gasteiger partial charge in [-0.3, -0.25) is 0 Å². The van der Waals surface area contributed by atoms with Crippen molar-refractivity contribution in [3.63, 3.8) is 0 Å². The maximum Gasteiger partial charge on any atom is 0.349 e. The fraction of sp³-hybridized carbons (Fsp3) is 0.566. The quantitative estimate of drug-likeness (QED) is 0.0811. The van der Waals surface area contributed by atoms with Crippen LogP contribution in [0.3, 0.4) is 0 Å². The lowest BCUT2D eigenvalue weighted by Crippen LogP contribution is -2.67. The number of rotatable bonds is 17. The van der Waals surface area contributed by atoms with Crippen LogP contribution in [0, 0.1) is 11.3 Å². The molecule has 0 radical (unpaired) electrons. The van der Waals surface area contributed by atoms with E-state index in [1.54, 1.807) is 0 Å². The van der Waals surface area contributed by atoms with Crippen LogP contribution in [0.25, 0.3) is 10.8 Å². The van der Waals surface area contributed by atoms with E-state index in [0.717, 1.165) is 22.1 Å². The maximum absolute atomic E-state index is 10.9. The molecule has 346 valence electrons. The van der Waals surface area contributed by atoms with E-state index in [-0.39, 0.29) is 41.4 Å². The Hall–Kier alpha value is -3.51. The Balaban J connectivity index is 1.11. The maximum atomic E-state index is 10.9. The summed E-state index contributed by atoms with van der Waals surface area (Å²) in [4.78, 5) is 0. The third kappa shape index (κ3) is 11.2. The molecule has 64 heavy (non-hydrogen) atoms. The van der Waals surface area contributed by atoms with Gasteiger partial charge in [-0.05, 0) is 47.4 Å². The summed E-state index contributed by atoms with van der Waals surface area (Å²) in [5.41, 5.74) is 1.49. The smallest absolute Gasteiger partial charge is 0.349 e. The van der Waals surface area contributed by atoms with Gasteiger partial charge in [0.25, 0.3) is 0 Å². The molecule has 3 fully saturated rings. The predicted octanol–water partition coefficient (Wildman–Crippen LogP) is 10.5. The lowest BCUT2D eigenvalue weighted by Gasteiger charge is -2.56. The van der Waals surface area contributed by atoms with Gasteiger partial charge < -0.3 is 42.4 Å². The van der Waals surface area contributed by atoms with E-state index in [4.69, 9.17) is 37.3 Å². The summed E-state index contributed by atoms with van der Waals surface area (Å²) >= 11 is 0. The molecule has 0 aliphatic carbocycles. The van der Waals surface area contributed by atoms with Gasteiger partial charge in [0.15, 0.2) is 0 Å². The highest BCUT2D eigenvalue weighted by Gasteiger charge is 2.63. The number of hydrogen-bond acceptors (Lipinski definition) is 10. The van der Waals surface area contributed by atoms with Crippen molar-refractivity contribution in [2.45, 2.75) is 171 Å². The van der Waals surface area contributed by atoms with Gasteiger partial charge >= 0.3 is 8.56 Å². The number of aliphatic hydroxyl groups excluding tert-OH is 1. The molecule has 10 nitrogen and oxygen atoms in total. The van der Waals surface area contributed by atoms with E-state index in [0.29, 0.717) is 58.7 Å². The SMILES string of the molecule is CC(C)(C)[Si]1(C(C)(C)C)OC[C@H]2O[C@@H](CC(C#N)O[C@H]3C[C@@H](OCc4ccccc4)[C@](C)(CCOCc4ccccc4)O[C@]3(C)CCO)[C@H](OCc3ccc4ccccc4c3)C[C@@H]2O1. The zero-order valence-corrected chi connectivity index (χ0v) is 40.3. The summed E-state index contributed by atoms with van der Waals surface area (Å²) < 4.78 is 54.7. The Morgan fingerprint density at radius 1 is 0.734 bits per heavy atom. The molecule has 11 heteroatoms. The van der Waals surface area contributed by atoms with Crippen LogP contribution in [0.1, 0.15) is 104 Å². The number of fused-ring (bicyclic) bond motifs is 2. The first-order chi connectivity index (χ1) is 30.5. The summed E-state index contributed by atoms with van der Waals surface area (Å²) in [6.45, 7) is 19.4. The normalized spacial score (nSPS) is 28.9. The number of aliphatic hydroxyl groups is 1. The second-order valence-electron chi connectivity index (χ2n) is 20.6. The van der Waals surface area contributed by atoms with Crippen LogP contribution >= 0.6 is 0 Å². The van der Waals surface area contributed by atoms with Crippen molar-refractivity contribution < 1.29 is 42.4 Å². The molecule has 0 amide bonds. The highest BCUT2D eigenvalue weighted by atomic mass is 28.4. The minimum Gasteiger partial charge on any atom is -0.396 e. The molecular formula is C53H71NO9Si. The molecule has 9 atom stereocenters. The Bertz CT molecular complexity index is 2120. The molecule has 3 aliphatic heterocycles. The van der Waals surface area contributed by atoms with E-state index in [2.05, 4.69) is 97.0 Å². The largest absolute Gasteiger partial charge is 0.396 e. The zero-order valence-electron chi connectivity index (χ0n) is 39.3. The molecule has 1 N–H and O–H groups in total. The van der Waals surface area contributed by atoms with Crippen molar-refractivity contribution in [1.82, 2.24) is 0 Å². The average molecular weight is 894 g/mol. The average Bonchev–Trinajstić information content (AvgIpc) is 3.27. The van der Waals surface area contributed by atoms with Gasteiger partial charge in [0.05, 0.1) is 74.2 Å². The van der Waals surface area contributed by atoms with E-state index in [1.807, 2.05) is 67.6 Å². The van der Waals surface area contributed by atoms with Crippen LogP contribution in [0.5, 0.6) is 0 Å². The van der Waals surface area contributed by atoms with Crippen molar-refractivity contribution in [1.29, 1.82) is 5.26 Å². The summed E-state index contributed by atoms with van der Waals surface area (Å²) in [7, 11) is -2.80. The minimum atomic E-state index is -2.80. The van der Waals surface area contributed by atoms with E-state index in [9.17, 15) is 10.4 Å². The van der Waals surface area contributed by atoms with Gasteiger partial charge in [0.2, 0.25) is 0 Å². The summed E-state index contributed by atoms with van der Waals surface area (Å²) in [6.07, 6.45) is -1.11. The Morgan fingerprint density at radius 3 is 2.02 bits per heavy atom. The molecule has 1 unspecified atom stereocenters. The monoisotopic (exact) mass is 893 g/mol. The number of nitrogens with zero attached hydrogens (tertiary/aromatic N) is 1. The van der Waals surface area contributed by atoms with E-state index < -0.39 is 44.2 Å². The van der Waals surface area contributed by atoms with Gasteiger partial charge in [0, 0.05) is 55.4 Å². The standard InChI is InChI=1S/C53H71NO9Si/c1-50(2,3)64(51(4,5)6)59-37-47-46(62-64)31-44(57-36-40-23-24-41-21-15-16-22-42(41)29-40)45(61-47)30-43(33-54)60-49-32-48(58-35-39-19-13-10-14-20-39)53(8,63-52(49,7)25-27-55)26-28-56-34-38-17-11-9-12-18-38/h9-24,29,43-49,55H,25-28,30-32,34-37H2,1-8H3/t43?,44-,45+,46+,47-,48-,49+,52-,53+/m1/s1. The van der Waals surface area contributed by atoms with Crippen LogP contribution in [-0.2, 0) is 57.1 Å². The molecule has 4 aromatic carbocycles. The van der Waals surface area contributed by atoms with Crippen molar-refractivity contribution in [2.75, 3.05) is 19.8 Å². The molecule has 7 rings (SSSR count). The highest BCUT2D eigenvalue weighted by molar-refractivity contribution is 6.73. The van der Waals surface area contributed by atoms with Crippen LogP contribution in [0.2, 0.25) is 10.1 Å². The van der Waals surface area contributed by atoms with Crippen LogP contribution < -0.4 is 0 Å². The number of benzene rings is 4. The van der Waals surface area contributed by atoms with Crippen molar-refractivity contribution in [2.24, 2.45) is 0 Å². The third-order valence-corrected chi connectivity index (χ3v) is 18.8. The molecule has 4 aromatic rings.